The molecule has 1 aromatic heterocycles. The number of hydrogen-bond acceptors (Lipinski definition) is 6. The highest BCUT2D eigenvalue weighted by Crippen LogP contribution is 2.41. The zero-order chi connectivity index (χ0) is 18.4. The molecule has 0 saturated carbocycles. The van der Waals surface area contributed by atoms with Crippen molar-refractivity contribution in [3.05, 3.63) is 41.7 Å². The van der Waals surface area contributed by atoms with Gasteiger partial charge < -0.3 is 11.1 Å². The Balaban J connectivity index is 1.55. The number of allylic oxidation sites excluding steroid dienone is 1. The van der Waals surface area contributed by atoms with Gasteiger partial charge in [0, 0.05) is 35.7 Å². The predicted octanol–water partition coefficient (Wildman–Crippen LogP) is 2.02. The van der Waals surface area contributed by atoms with E-state index in [2.05, 4.69) is 62.9 Å². The van der Waals surface area contributed by atoms with Crippen molar-refractivity contribution in [2.24, 2.45) is 21.7 Å². The van der Waals surface area contributed by atoms with E-state index in [-0.39, 0.29) is 12.0 Å². The highest BCUT2D eigenvalue weighted by molar-refractivity contribution is 5.95. The number of benzene rings is 1. The van der Waals surface area contributed by atoms with E-state index >= 15 is 0 Å². The molecule has 0 spiro atoms. The number of aliphatic imine (C=N–C) groups is 1. The number of amidine groups is 1. The van der Waals surface area contributed by atoms with Crippen LogP contribution in [-0.4, -0.2) is 46.1 Å². The van der Waals surface area contributed by atoms with Crippen LogP contribution in [0.15, 0.2) is 46.3 Å². The molecule has 2 atom stereocenters. The first-order valence-electron chi connectivity index (χ1n) is 9.79. The summed E-state index contributed by atoms with van der Waals surface area (Å²) >= 11 is 0. The molecule has 2 unspecified atom stereocenters. The van der Waals surface area contributed by atoms with Gasteiger partial charge in [0.2, 0.25) is 0 Å². The lowest BCUT2D eigenvalue weighted by Gasteiger charge is -2.33. The van der Waals surface area contributed by atoms with Crippen LogP contribution < -0.4 is 11.1 Å². The van der Waals surface area contributed by atoms with Gasteiger partial charge in [0.05, 0.1) is 5.52 Å². The van der Waals surface area contributed by atoms with Crippen LogP contribution >= 0.6 is 0 Å². The predicted molar refractivity (Wildman–Crippen MR) is 108 cm³/mol. The van der Waals surface area contributed by atoms with Crippen molar-refractivity contribution < 1.29 is 0 Å². The summed E-state index contributed by atoms with van der Waals surface area (Å²) in [6, 6.07) is 6.51. The van der Waals surface area contributed by atoms with Crippen LogP contribution in [0, 0.1) is 5.92 Å². The van der Waals surface area contributed by atoms with Crippen molar-refractivity contribution in [1.82, 2.24) is 20.1 Å². The lowest BCUT2D eigenvalue weighted by atomic mass is 9.90. The quantitative estimate of drug-likeness (QED) is 0.874. The first-order chi connectivity index (χ1) is 13.2. The lowest BCUT2D eigenvalue weighted by Crippen LogP contribution is -2.45. The van der Waals surface area contributed by atoms with Crippen LogP contribution in [0.1, 0.15) is 31.2 Å². The second kappa shape index (κ2) is 6.49. The largest absolute Gasteiger partial charge is 0.385 e. The van der Waals surface area contributed by atoms with E-state index in [0.29, 0.717) is 11.8 Å². The van der Waals surface area contributed by atoms with Crippen LogP contribution in [0.25, 0.3) is 10.9 Å². The zero-order valence-electron chi connectivity index (χ0n) is 15.5. The van der Waals surface area contributed by atoms with Crippen LogP contribution in [0.4, 0.5) is 0 Å². The minimum Gasteiger partial charge on any atom is -0.385 e. The van der Waals surface area contributed by atoms with Crippen molar-refractivity contribution in [1.29, 1.82) is 0 Å². The van der Waals surface area contributed by atoms with Gasteiger partial charge >= 0.3 is 0 Å². The molecule has 1 aromatic carbocycles. The van der Waals surface area contributed by atoms with Gasteiger partial charge in [0.25, 0.3) is 0 Å². The topological polar surface area (TPSA) is 83.8 Å². The fourth-order valence-corrected chi connectivity index (χ4v) is 4.51. The second-order valence-electron chi connectivity index (χ2n) is 7.52. The number of hydrazone groups is 1. The summed E-state index contributed by atoms with van der Waals surface area (Å²) in [6.45, 7) is 5.09. The molecule has 4 heterocycles. The third-order valence-corrected chi connectivity index (χ3v) is 5.95. The fourth-order valence-electron chi connectivity index (χ4n) is 4.51. The smallest absolute Gasteiger partial charge is 0.138 e. The highest BCUT2D eigenvalue weighted by atomic mass is 15.5. The van der Waals surface area contributed by atoms with Crippen molar-refractivity contribution in [3.63, 3.8) is 0 Å². The molecule has 27 heavy (non-hydrogen) atoms. The van der Waals surface area contributed by atoms with Gasteiger partial charge in [-0.05, 0) is 44.5 Å². The van der Waals surface area contributed by atoms with Crippen molar-refractivity contribution >= 4 is 23.1 Å². The summed E-state index contributed by atoms with van der Waals surface area (Å²) in [5.41, 5.74) is 9.87. The Morgan fingerprint density at radius 1 is 1.26 bits per heavy atom. The summed E-state index contributed by atoms with van der Waals surface area (Å²) in [5, 5.41) is 16.0. The number of nitrogens with one attached hydrogen (secondary N) is 1. The summed E-state index contributed by atoms with van der Waals surface area (Å²) in [6.07, 6.45) is 8.30. The molecule has 0 aliphatic carbocycles. The van der Waals surface area contributed by atoms with Crippen molar-refractivity contribution in [3.8, 4) is 0 Å². The summed E-state index contributed by atoms with van der Waals surface area (Å²) in [5.74, 6) is 1.30. The molecule has 0 bridgehead atoms. The second-order valence-corrected chi connectivity index (χ2v) is 7.52. The zero-order valence-corrected chi connectivity index (χ0v) is 15.5. The molecule has 3 aliphatic rings. The van der Waals surface area contributed by atoms with Crippen LogP contribution in [0.3, 0.4) is 0 Å². The average molecular weight is 363 g/mol. The summed E-state index contributed by atoms with van der Waals surface area (Å²) in [4.78, 5) is 4.30. The Bertz CT molecular complexity index is 948. The van der Waals surface area contributed by atoms with Gasteiger partial charge in [-0.15, -0.1) is 0 Å². The molecule has 3 aliphatic heterocycles. The number of piperidine rings is 1. The maximum atomic E-state index is 6.33. The summed E-state index contributed by atoms with van der Waals surface area (Å²) in [7, 11) is 0. The standard InChI is InChI=1S/C20H25N7/c1-2-26-11-15-4-3-14(9-17(15)25-26)16-10-18(13-5-7-22-8-6-13)27-19(16)20(21)23-12-24-27/h3-4,9-13,16,19,22H,2,5-8H2,1H3,(H2,21,23,24). The number of rotatable bonds is 3. The van der Waals surface area contributed by atoms with Crippen molar-refractivity contribution in [2.75, 3.05) is 13.1 Å². The molecule has 7 heteroatoms. The molecule has 0 radical (unpaired) electrons. The van der Waals surface area contributed by atoms with E-state index in [1.54, 1.807) is 6.34 Å². The van der Waals surface area contributed by atoms with Crippen LogP contribution in [0.5, 0.6) is 0 Å². The van der Waals surface area contributed by atoms with Gasteiger partial charge in [-0.3, -0.25) is 9.69 Å². The molecular weight excluding hydrogens is 338 g/mol. The molecule has 3 N–H and O–H groups in total. The Kier molecular flexibility index (Phi) is 3.97. The third kappa shape index (κ3) is 2.73. The minimum atomic E-state index is -0.0365. The number of nitrogens with two attached hydrogens (primary N) is 1. The maximum absolute atomic E-state index is 6.33. The maximum Gasteiger partial charge on any atom is 0.138 e. The van der Waals surface area contributed by atoms with Gasteiger partial charge in [-0.2, -0.15) is 10.2 Å². The first kappa shape index (κ1) is 16.5. The first-order valence-corrected chi connectivity index (χ1v) is 9.79. The molecule has 5 rings (SSSR count). The van der Waals surface area contributed by atoms with E-state index in [1.165, 1.54) is 16.6 Å². The Morgan fingerprint density at radius 3 is 2.93 bits per heavy atom. The molecule has 1 saturated heterocycles. The fraction of sp³-hybridized carbons (Fsp3) is 0.450. The van der Waals surface area contributed by atoms with Crippen LogP contribution in [0.2, 0.25) is 0 Å². The molecule has 0 amide bonds. The number of fused-ring (bicyclic) bond motifs is 2. The van der Waals surface area contributed by atoms with E-state index < -0.39 is 0 Å². The SMILES string of the molecule is CCn1cc2ccc(C3C=C(C4CCNCC4)N4N=CN=C(N)C34)cc2n1. The normalized spacial score (nSPS) is 25.6. The number of aryl methyl sites for hydroxylation is 1. The Hall–Kier alpha value is -2.67. The van der Waals surface area contributed by atoms with E-state index in [0.717, 1.165) is 38.0 Å². The van der Waals surface area contributed by atoms with Crippen LogP contribution in [-0.2, 0) is 6.54 Å². The minimum absolute atomic E-state index is 0.0365. The average Bonchev–Trinajstić information content (AvgIpc) is 3.30. The van der Waals surface area contributed by atoms with E-state index in [4.69, 9.17) is 5.73 Å². The van der Waals surface area contributed by atoms with Gasteiger partial charge in [0.1, 0.15) is 18.2 Å². The van der Waals surface area contributed by atoms with Gasteiger partial charge in [-0.25, -0.2) is 4.99 Å². The number of nitrogens with zero attached hydrogens (tertiary/aromatic N) is 5. The van der Waals surface area contributed by atoms with E-state index in [9.17, 15) is 0 Å². The van der Waals surface area contributed by atoms with Crippen molar-refractivity contribution in [2.45, 2.75) is 38.3 Å². The Morgan fingerprint density at radius 2 is 2.11 bits per heavy atom. The number of hydrogen-bond donors (Lipinski definition) is 2. The summed E-state index contributed by atoms with van der Waals surface area (Å²) < 4.78 is 1.98. The Labute approximate surface area is 158 Å². The lowest BCUT2D eigenvalue weighted by molar-refractivity contribution is 0.271. The van der Waals surface area contributed by atoms with E-state index in [1.807, 2.05) is 4.68 Å². The highest BCUT2D eigenvalue weighted by Gasteiger charge is 2.42. The molecule has 140 valence electrons. The van der Waals surface area contributed by atoms with Gasteiger partial charge in [-0.1, -0.05) is 18.2 Å². The molecular formula is C20H25N7. The molecule has 7 nitrogen and oxygen atoms in total. The van der Waals surface area contributed by atoms with Gasteiger partial charge in [0.15, 0.2) is 0 Å². The third-order valence-electron chi connectivity index (χ3n) is 5.95. The molecule has 2 aromatic rings. The monoisotopic (exact) mass is 363 g/mol. The molecule has 1 fully saturated rings. The number of aromatic nitrogens is 2.